The summed E-state index contributed by atoms with van der Waals surface area (Å²) < 4.78 is 18.5. The minimum atomic E-state index is -0.677. The Kier molecular flexibility index (Phi) is 3.37. The van der Waals surface area contributed by atoms with Gasteiger partial charge in [0.05, 0.1) is 19.3 Å². The van der Waals surface area contributed by atoms with Crippen LogP contribution < -0.4 is 10.2 Å². The molecule has 1 aromatic rings. The number of hydrogen-bond acceptors (Lipinski definition) is 3. The van der Waals surface area contributed by atoms with Crippen molar-refractivity contribution < 1.29 is 9.13 Å². The summed E-state index contributed by atoms with van der Waals surface area (Å²) in [7, 11) is 0. The predicted octanol–water partition coefficient (Wildman–Crippen LogP) is 2.44. The number of nitrogens with zero attached hydrogens (tertiary/aromatic N) is 1. The Labute approximate surface area is 107 Å². The van der Waals surface area contributed by atoms with Gasteiger partial charge in [-0.3, -0.25) is 0 Å². The molecule has 0 aromatic heterocycles. The molecule has 2 unspecified atom stereocenters. The summed E-state index contributed by atoms with van der Waals surface area (Å²) in [5, 5.41) is 3.24. The molecule has 1 N–H and O–H groups in total. The number of rotatable bonds is 3. The lowest BCUT2D eigenvalue weighted by atomic mass is 9.90. The summed E-state index contributed by atoms with van der Waals surface area (Å²) in [6.45, 7) is 3.49. The molecule has 0 spiro atoms. The van der Waals surface area contributed by atoms with Gasteiger partial charge in [0.25, 0.3) is 0 Å². The first-order valence-corrected chi connectivity index (χ1v) is 6.66. The van der Waals surface area contributed by atoms with Crippen LogP contribution in [0, 0.1) is 0 Å². The standard InChI is InChI=1S/C14H19FN2O/c15-13-5-6-14(13)16-11-1-3-12(4-2-11)17-7-9-18-10-8-17/h1-4,13-14,16H,5-10H2. The molecule has 0 amide bonds. The number of ether oxygens (including phenoxy) is 1. The van der Waals surface area contributed by atoms with Gasteiger partial charge in [-0.2, -0.15) is 0 Å². The molecule has 0 radical (unpaired) electrons. The van der Waals surface area contributed by atoms with Gasteiger partial charge < -0.3 is 15.0 Å². The molecule has 1 heterocycles. The van der Waals surface area contributed by atoms with E-state index < -0.39 is 6.17 Å². The Hall–Kier alpha value is -1.29. The van der Waals surface area contributed by atoms with E-state index in [9.17, 15) is 4.39 Å². The van der Waals surface area contributed by atoms with E-state index in [0.29, 0.717) is 6.42 Å². The summed E-state index contributed by atoms with van der Waals surface area (Å²) >= 11 is 0. The molecule has 1 saturated carbocycles. The second kappa shape index (κ2) is 5.14. The van der Waals surface area contributed by atoms with Gasteiger partial charge in [0.15, 0.2) is 0 Å². The molecule has 2 atom stereocenters. The van der Waals surface area contributed by atoms with E-state index in [2.05, 4.69) is 22.3 Å². The van der Waals surface area contributed by atoms with Crippen molar-refractivity contribution >= 4 is 11.4 Å². The van der Waals surface area contributed by atoms with Crippen molar-refractivity contribution in [2.24, 2.45) is 0 Å². The van der Waals surface area contributed by atoms with Gasteiger partial charge in [-0.05, 0) is 37.1 Å². The summed E-state index contributed by atoms with van der Waals surface area (Å²) in [6, 6.07) is 8.28. The molecule has 3 rings (SSSR count). The van der Waals surface area contributed by atoms with Gasteiger partial charge in [0.2, 0.25) is 0 Å². The zero-order valence-corrected chi connectivity index (χ0v) is 10.4. The molecule has 98 valence electrons. The van der Waals surface area contributed by atoms with Crippen molar-refractivity contribution in [3.8, 4) is 0 Å². The summed E-state index contributed by atoms with van der Waals surface area (Å²) in [5.41, 5.74) is 2.23. The number of nitrogens with one attached hydrogen (secondary N) is 1. The number of halogens is 1. The summed E-state index contributed by atoms with van der Waals surface area (Å²) in [4.78, 5) is 2.31. The highest BCUT2D eigenvalue weighted by molar-refractivity contribution is 5.55. The highest BCUT2D eigenvalue weighted by Crippen LogP contribution is 2.27. The third-order valence-electron chi connectivity index (χ3n) is 3.79. The molecule has 18 heavy (non-hydrogen) atoms. The largest absolute Gasteiger partial charge is 0.379 e. The zero-order chi connectivity index (χ0) is 12.4. The maximum absolute atomic E-state index is 13.2. The Morgan fingerprint density at radius 1 is 1.11 bits per heavy atom. The third kappa shape index (κ3) is 2.43. The second-order valence-electron chi connectivity index (χ2n) is 4.99. The lowest BCUT2D eigenvalue weighted by Crippen LogP contribution is -2.39. The van der Waals surface area contributed by atoms with Crippen molar-refractivity contribution in [1.82, 2.24) is 0 Å². The first kappa shape index (κ1) is 11.8. The van der Waals surface area contributed by atoms with Gasteiger partial charge in [0.1, 0.15) is 6.17 Å². The molecule has 2 fully saturated rings. The number of hydrogen-bond donors (Lipinski definition) is 1. The third-order valence-corrected chi connectivity index (χ3v) is 3.79. The van der Waals surface area contributed by atoms with Crippen LogP contribution in [0.3, 0.4) is 0 Å². The zero-order valence-electron chi connectivity index (χ0n) is 10.4. The number of alkyl halides is 1. The minimum absolute atomic E-state index is 0.0132. The topological polar surface area (TPSA) is 24.5 Å². The smallest absolute Gasteiger partial charge is 0.120 e. The van der Waals surface area contributed by atoms with Crippen molar-refractivity contribution in [3.63, 3.8) is 0 Å². The van der Waals surface area contributed by atoms with Crippen LogP contribution in [-0.2, 0) is 4.74 Å². The van der Waals surface area contributed by atoms with Crippen LogP contribution in [0.5, 0.6) is 0 Å². The molecular formula is C14H19FN2O. The van der Waals surface area contributed by atoms with E-state index >= 15 is 0 Å². The molecule has 3 nitrogen and oxygen atoms in total. The molecule has 0 bridgehead atoms. The fraction of sp³-hybridized carbons (Fsp3) is 0.571. The summed E-state index contributed by atoms with van der Waals surface area (Å²) in [6.07, 6.45) is 0.958. The Balaban J connectivity index is 1.61. The van der Waals surface area contributed by atoms with E-state index in [4.69, 9.17) is 4.74 Å². The number of anilines is 2. The maximum Gasteiger partial charge on any atom is 0.120 e. The van der Waals surface area contributed by atoms with E-state index in [-0.39, 0.29) is 6.04 Å². The van der Waals surface area contributed by atoms with Crippen LogP contribution in [0.1, 0.15) is 12.8 Å². The molecule has 1 saturated heterocycles. The lowest BCUT2D eigenvalue weighted by molar-refractivity contribution is 0.122. The Morgan fingerprint density at radius 2 is 1.83 bits per heavy atom. The van der Waals surface area contributed by atoms with Crippen LogP contribution in [0.2, 0.25) is 0 Å². The van der Waals surface area contributed by atoms with Crippen LogP contribution in [-0.4, -0.2) is 38.5 Å². The quantitative estimate of drug-likeness (QED) is 0.891. The van der Waals surface area contributed by atoms with E-state index in [1.165, 1.54) is 5.69 Å². The molecule has 1 aliphatic heterocycles. The van der Waals surface area contributed by atoms with Crippen molar-refractivity contribution in [3.05, 3.63) is 24.3 Å². The molecule has 1 aromatic carbocycles. The van der Waals surface area contributed by atoms with E-state index in [1.807, 2.05) is 12.1 Å². The van der Waals surface area contributed by atoms with Crippen molar-refractivity contribution in [2.45, 2.75) is 25.1 Å². The van der Waals surface area contributed by atoms with E-state index in [0.717, 1.165) is 38.4 Å². The minimum Gasteiger partial charge on any atom is -0.379 e. The van der Waals surface area contributed by atoms with Gasteiger partial charge in [-0.1, -0.05) is 0 Å². The number of benzene rings is 1. The molecule has 1 aliphatic carbocycles. The Morgan fingerprint density at radius 3 is 2.39 bits per heavy atom. The highest BCUT2D eigenvalue weighted by Gasteiger charge is 2.30. The molecular weight excluding hydrogens is 231 g/mol. The molecule has 2 aliphatic rings. The SMILES string of the molecule is FC1CCC1Nc1ccc(N2CCOCC2)cc1. The van der Waals surface area contributed by atoms with Crippen LogP contribution in [0.4, 0.5) is 15.8 Å². The highest BCUT2D eigenvalue weighted by atomic mass is 19.1. The average Bonchev–Trinajstić information content (AvgIpc) is 2.45. The lowest BCUT2D eigenvalue weighted by Gasteiger charge is -2.32. The van der Waals surface area contributed by atoms with Gasteiger partial charge in [0, 0.05) is 24.5 Å². The van der Waals surface area contributed by atoms with Crippen LogP contribution in [0.15, 0.2) is 24.3 Å². The van der Waals surface area contributed by atoms with Gasteiger partial charge in [-0.15, -0.1) is 0 Å². The monoisotopic (exact) mass is 250 g/mol. The second-order valence-corrected chi connectivity index (χ2v) is 4.99. The fourth-order valence-corrected chi connectivity index (χ4v) is 2.43. The van der Waals surface area contributed by atoms with Crippen molar-refractivity contribution in [1.29, 1.82) is 0 Å². The van der Waals surface area contributed by atoms with Gasteiger partial charge in [-0.25, -0.2) is 4.39 Å². The fourth-order valence-electron chi connectivity index (χ4n) is 2.43. The first-order valence-electron chi connectivity index (χ1n) is 6.66. The van der Waals surface area contributed by atoms with E-state index in [1.54, 1.807) is 0 Å². The van der Waals surface area contributed by atoms with Gasteiger partial charge >= 0.3 is 0 Å². The average molecular weight is 250 g/mol. The maximum atomic E-state index is 13.2. The van der Waals surface area contributed by atoms with Crippen molar-refractivity contribution in [2.75, 3.05) is 36.5 Å². The predicted molar refractivity (Wildman–Crippen MR) is 71.0 cm³/mol. The van der Waals surface area contributed by atoms with Crippen LogP contribution >= 0.6 is 0 Å². The number of morpholine rings is 1. The first-order chi connectivity index (χ1) is 8.83. The Bertz CT molecular complexity index is 389. The normalized spacial score (nSPS) is 27.7. The molecule has 4 heteroatoms. The van der Waals surface area contributed by atoms with Crippen LogP contribution in [0.25, 0.3) is 0 Å². The summed E-state index contributed by atoms with van der Waals surface area (Å²) in [5.74, 6) is 0.